The highest BCUT2D eigenvalue weighted by molar-refractivity contribution is 5.89. The highest BCUT2D eigenvalue weighted by Gasteiger charge is 2.28. The van der Waals surface area contributed by atoms with Crippen LogP contribution in [-0.4, -0.2) is 35.2 Å². The van der Waals surface area contributed by atoms with Crippen molar-refractivity contribution in [2.45, 2.75) is 59.2 Å². The monoisotopic (exact) mass is 378 g/mol. The van der Waals surface area contributed by atoms with Gasteiger partial charge in [-0.05, 0) is 30.2 Å². The van der Waals surface area contributed by atoms with Crippen LogP contribution in [0.3, 0.4) is 0 Å². The maximum atomic E-state index is 12.5. The van der Waals surface area contributed by atoms with Crippen molar-refractivity contribution in [1.29, 1.82) is 0 Å². The molecule has 0 fully saturated rings. The van der Waals surface area contributed by atoms with E-state index in [1.807, 2.05) is 58.0 Å². The Bertz CT molecular complexity index is 616. The zero-order chi connectivity index (χ0) is 20.4. The zero-order valence-electron chi connectivity index (χ0n) is 16.4. The summed E-state index contributed by atoms with van der Waals surface area (Å²) in [6.07, 6.45) is -0.0239. The van der Waals surface area contributed by atoms with Crippen LogP contribution in [0.15, 0.2) is 30.3 Å². The van der Waals surface area contributed by atoms with Gasteiger partial charge in [0.1, 0.15) is 18.7 Å². The van der Waals surface area contributed by atoms with Gasteiger partial charge in [0.25, 0.3) is 0 Å². The number of aliphatic carboxylic acids is 1. The fourth-order valence-electron chi connectivity index (χ4n) is 2.58. The van der Waals surface area contributed by atoms with Gasteiger partial charge in [-0.2, -0.15) is 0 Å². The second-order valence-electron chi connectivity index (χ2n) is 7.42. The van der Waals surface area contributed by atoms with Crippen molar-refractivity contribution in [3.8, 4) is 0 Å². The molecule has 7 nitrogen and oxygen atoms in total. The number of hydrogen-bond donors (Lipinski definition) is 3. The maximum absolute atomic E-state index is 12.5. The molecule has 0 aliphatic heterocycles. The molecule has 0 unspecified atom stereocenters. The standard InChI is InChI=1S/C20H30N2O5/c1-13(2)10-16(18(23)21-17(19(24)25)11-14(3)4)22-20(26)27-12-15-8-6-5-7-9-15/h5-9,13-14,16-17H,10-12H2,1-4H3,(H,21,23)(H,22,26)(H,24,25)/t16-,17-/m0/s1. The quantitative estimate of drug-likeness (QED) is 0.581. The van der Waals surface area contributed by atoms with Gasteiger partial charge in [0.2, 0.25) is 5.91 Å². The Balaban J connectivity index is 2.68. The molecule has 3 N–H and O–H groups in total. The summed E-state index contributed by atoms with van der Waals surface area (Å²) < 4.78 is 5.16. The third kappa shape index (κ3) is 9.08. The number of rotatable bonds is 10. The van der Waals surface area contributed by atoms with Crippen LogP contribution in [0, 0.1) is 11.8 Å². The second kappa shape index (κ2) is 11.2. The molecule has 7 heteroatoms. The lowest BCUT2D eigenvalue weighted by atomic mass is 10.0. The highest BCUT2D eigenvalue weighted by Crippen LogP contribution is 2.09. The summed E-state index contributed by atoms with van der Waals surface area (Å²) in [6, 6.07) is 7.35. The van der Waals surface area contributed by atoms with Crippen LogP contribution in [0.25, 0.3) is 0 Å². The van der Waals surface area contributed by atoms with Gasteiger partial charge in [0, 0.05) is 0 Å². The van der Waals surface area contributed by atoms with Gasteiger partial charge in [-0.3, -0.25) is 4.79 Å². The Kier molecular flexibility index (Phi) is 9.33. The Labute approximate surface area is 160 Å². The van der Waals surface area contributed by atoms with Crippen LogP contribution in [0.4, 0.5) is 4.79 Å². The first kappa shape index (κ1) is 22.5. The van der Waals surface area contributed by atoms with Gasteiger partial charge in [0.15, 0.2) is 0 Å². The van der Waals surface area contributed by atoms with Crippen molar-refractivity contribution in [1.82, 2.24) is 10.6 Å². The summed E-state index contributed by atoms with van der Waals surface area (Å²) in [5.74, 6) is -1.37. The minimum atomic E-state index is -1.09. The fraction of sp³-hybridized carbons (Fsp3) is 0.550. The van der Waals surface area contributed by atoms with Crippen LogP contribution >= 0.6 is 0 Å². The predicted octanol–water partition coefficient (Wildman–Crippen LogP) is 2.94. The minimum Gasteiger partial charge on any atom is -0.480 e. The summed E-state index contributed by atoms with van der Waals surface area (Å²) in [7, 11) is 0. The lowest BCUT2D eigenvalue weighted by molar-refractivity contribution is -0.142. The number of carboxylic acid groups (broad SMARTS) is 1. The Morgan fingerprint density at radius 3 is 2.00 bits per heavy atom. The molecule has 0 aliphatic carbocycles. The normalized spacial score (nSPS) is 13.1. The van der Waals surface area contributed by atoms with E-state index in [2.05, 4.69) is 10.6 Å². The Morgan fingerprint density at radius 1 is 0.926 bits per heavy atom. The molecule has 150 valence electrons. The number of alkyl carbamates (subject to hydrolysis) is 1. The molecule has 0 radical (unpaired) electrons. The molecule has 0 saturated heterocycles. The first-order valence-corrected chi connectivity index (χ1v) is 9.19. The molecule has 0 saturated carbocycles. The van der Waals surface area contributed by atoms with Crippen LogP contribution in [0.1, 0.15) is 46.1 Å². The summed E-state index contributed by atoms with van der Waals surface area (Å²) in [5, 5.41) is 14.4. The number of carbonyl (C=O) groups is 3. The van der Waals surface area contributed by atoms with Crippen LogP contribution in [0.5, 0.6) is 0 Å². The topological polar surface area (TPSA) is 105 Å². The summed E-state index contributed by atoms with van der Waals surface area (Å²) >= 11 is 0. The third-order valence-corrected chi connectivity index (χ3v) is 3.85. The number of benzene rings is 1. The average molecular weight is 378 g/mol. The van der Waals surface area contributed by atoms with Crippen molar-refractivity contribution in [3.63, 3.8) is 0 Å². The van der Waals surface area contributed by atoms with E-state index in [1.165, 1.54) is 0 Å². The smallest absolute Gasteiger partial charge is 0.408 e. The van der Waals surface area contributed by atoms with Crippen LogP contribution < -0.4 is 10.6 Å². The molecular formula is C20H30N2O5. The van der Waals surface area contributed by atoms with Crippen LogP contribution in [0.2, 0.25) is 0 Å². The average Bonchev–Trinajstić information content (AvgIpc) is 2.58. The van der Waals surface area contributed by atoms with E-state index in [4.69, 9.17) is 4.74 Å². The molecule has 0 bridgehead atoms. The van der Waals surface area contributed by atoms with Gasteiger partial charge in [-0.15, -0.1) is 0 Å². The highest BCUT2D eigenvalue weighted by atomic mass is 16.5. The Hall–Kier alpha value is -2.57. The zero-order valence-corrected chi connectivity index (χ0v) is 16.4. The van der Waals surface area contributed by atoms with Crippen molar-refractivity contribution in [2.75, 3.05) is 0 Å². The lowest BCUT2D eigenvalue weighted by Gasteiger charge is -2.23. The van der Waals surface area contributed by atoms with E-state index < -0.39 is 30.1 Å². The summed E-state index contributed by atoms with van der Waals surface area (Å²) in [4.78, 5) is 36.0. The molecule has 1 aromatic rings. The summed E-state index contributed by atoms with van der Waals surface area (Å²) in [5.41, 5.74) is 0.834. The molecule has 0 aliphatic rings. The molecule has 0 spiro atoms. The predicted molar refractivity (Wildman–Crippen MR) is 102 cm³/mol. The number of ether oxygens (including phenoxy) is 1. The van der Waals surface area contributed by atoms with E-state index in [-0.39, 0.29) is 18.4 Å². The first-order valence-electron chi connectivity index (χ1n) is 9.19. The first-order chi connectivity index (χ1) is 12.7. The molecule has 0 heterocycles. The van der Waals surface area contributed by atoms with E-state index in [0.29, 0.717) is 12.8 Å². The van der Waals surface area contributed by atoms with Gasteiger partial charge >= 0.3 is 12.1 Å². The third-order valence-electron chi connectivity index (χ3n) is 3.85. The molecule has 2 atom stereocenters. The molecular weight excluding hydrogens is 348 g/mol. The molecule has 2 amide bonds. The molecule has 0 aromatic heterocycles. The second-order valence-corrected chi connectivity index (χ2v) is 7.42. The number of amides is 2. The molecule has 1 rings (SSSR count). The SMILES string of the molecule is CC(C)C[C@H](NC(=O)[C@H](CC(C)C)NC(=O)OCc1ccccc1)C(=O)O. The fourth-order valence-corrected chi connectivity index (χ4v) is 2.58. The van der Waals surface area contributed by atoms with Crippen molar-refractivity contribution in [3.05, 3.63) is 35.9 Å². The minimum absolute atomic E-state index is 0.0911. The van der Waals surface area contributed by atoms with E-state index in [1.54, 1.807) is 0 Å². The van der Waals surface area contributed by atoms with Gasteiger partial charge in [-0.1, -0.05) is 58.0 Å². The van der Waals surface area contributed by atoms with Crippen molar-refractivity contribution in [2.24, 2.45) is 11.8 Å². The largest absolute Gasteiger partial charge is 0.480 e. The number of nitrogens with one attached hydrogen (secondary N) is 2. The molecule has 27 heavy (non-hydrogen) atoms. The Morgan fingerprint density at radius 2 is 1.48 bits per heavy atom. The number of hydrogen-bond acceptors (Lipinski definition) is 4. The van der Waals surface area contributed by atoms with Gasteiger partial charge < -0.3 is 20.5 Å². The van der Waals surface area contributed by atoms with E-state index >= 15 is 0 Å². The van der Waals surface area contributed by atoms with Crippen LogP contribution in [-0.2, 0) is 20.9 Å². The lowest BCUT2D eigenvalue weighted by Crippen LogP contribution is -2.52. The van der Waals surface area contributed by atoms with E-state index in [9.17, 15) is 19.5 Å². The van der Waals surface area contributed by atoms with Gasteiger partial charge in [-0.25, -0.2) is 9.59 Å². The van der Waals surface area contributed by atoms with Crippen molar-refractivity contribution >= 4 is 18.0 Å². The van der Waals surface area contributed by atoms with Gasteiger partial charge in [0.05, 0.1) is 0 Å². The maximum Gasteiger partial charge on any atom is 0.408 e. The number of carboxylic acids is 1. The number of carbonyl (C=O) groups excluding carboxylic acids is 2. The van der Waals surface area contributed by atoms with E-state index in [0.717, 1.165) is 5.56 Å². The molecule has 1 aromatic carbocycles. The van der Waals surface area contributed by atoms with Crippen molar-refractivity contribution < 1.29 is 24.2 Å². The summed E-state index contributed by atoms with van der Waals surface area (Å²) in [6.45, 7) is 7.69.